The van der Waals surface area contributed by atoms with Crippen molar-refractivity contribution in [2.24, 2.45) is 0 Å². The molecule has 0 saturated carbocycles. The molecule has 0 fully saturated rings. The van der Waals surface area contributed by atoms with Crippen LogP contribution in [0.25, 0.3) is 10.2 Å². The topological polar surface area (TPSA) is 61.2 Å². The lowest BCUT2D eigenvalue weighted by Crippen LogP contribution is -2.28. The van der Waals surface area contributed by atoms with Crippen LogP contribution in [0.1, 0.15) is 23.2 Å². The molecule has 102 valence electrons. The van der Waals surface area contributed by atoms with E-state index in [4.69, 9.17) is 4.74 Å². The Hall–Kier alpha value is -1.69. The summed E-state index contributed by atoms with van der Waals surface area (Å²) < 4.78 is 6.25. The SMILES string of the molecule is CCOC(=O)Cn1c(C)nc2sc(C)c(C)c2c1=O. The van der Waals surface area contributed by atoms with Gasteiger partial charge < -0.3 is 4.74 Å². The fraction of sp³-hybridized carbons (Fsp3) is 0.462. The molecule has 0 aliphatic carbocycles. The summed E-state index contributed by atoms with van der Waals surface area (Å²) in [4.78, 5) is 30.2. The molecule has 2 heterocycles. The van der Waals surface area contributed by atoms with Gasteiger partial charge in [-0.15, -0.1) is 11.3 Å². The van der Waals surface area contributed by atoms with Crippen LogP contribution in [0.4, 0.5) is 0 Å². The number of hydrogen-bond donors (Lipinski definition) is 0. The first-order valence-electron chi connectivity index (χ1n) is 6.08. The minimum absolute atomic E-state index is 0.0875. The minimum Gasteiger partial charge on any atom is -0.465 e. The Kier molecular flexibility index (Phi) is 3.71. The van der Waals surface area contributed by atoms with Crippen molar-refractivity contribution in [1.82, 2.24) is 9.55 Å². The minimum atomic E-state index is -0.418. The fourth-order valence-corrected chi connectivity index (χ4v) is 3.02. The molecule has 6 heteroatoms. The quantitative estimate of drug-likeness (QED) is 0.806. The van der Waals surface area contributed by atoms with Crippen LogP contribution in [0.2, 0.25) is 0 Å². The van der Waals surface area contributed by atoms with Gasteiger partial charge >= 0.3 is 5.97 Å². The number of aryl methyl sites for hydroxylation is 3. The van der Waals surface area contributed by atoms with Crippen molar-refractivity contribution < 1.29 is 9.53 Å². The molecule has 0 aromatic carbocycles. The number of thiophene rings is 1. The summed E-state index contributed by atoms with van der Waals surface area (Å²) in [5.41, 5.74) is 0.771. The Labute approximate surface area is 114 Å². The zero-order valence-electron chi connectivity index (χ0n) is 11.4. The highest BCUT2D eigenvalue weighted by atomic mass is 32.1. The second-order valence-electron chi connectivity index (χ2n) is 4.32. The van der Waals surface area contributed by atoms with E-state index >= 15 is 0 Å². The summed E-state index contributed by atoms with van der Waals surface area (Å²) in [7, 11) is 0. The van der Waals surface area contributed by atoms with Crippen LogP contribution in [0, 0.1) is 20.8 Å². The molecule has 0 amide bonds. The predicted octanol–water partition coefficient (Wildman–Crippen LogP) is 1.95. The summed E-state index contributed by atoms with van der Waals surface area (Å²) in [6.07, 6.45) is 0. The standard InChI is InChI=1S/C13H16N2O3S/c1-5-18-10(16)6-15-9(4)14-12-11(13(15)17)7(2)8(3)19-12/h5-6H2,1-4H3. The maximum Gasteiger partial charge on any atom is 0.326 e. The first kappa shape index (κ1) is 13.7. The van der Waals surface area contributed by atoms with Crippen LogP contribution in [-0.2, 0) is 16.1 Å². The number of esters is 1. The van der Waals surface area contributed by atoms with Crippen LogP contribution in [0.5, 0.6) is 0 Å². The highest BCUT2D eigenvalue weighted by Crippen LogP contribution is 2.26. The van der Waals surface area contributed by atoms with Crippen molar-refractivity contribution in [2.45, 2.75) is 34.2 Å². The summed E-state index contributed by atoms with van der Waals surface area (Å²) in [6.45, 7) is 7.55. The van der Waals surface area contributed by atoms with E-state index in [1.54, 1.807) is 13.8 Å². The summed E-state index contributed by atoms with van der Waals surface area (Å²) in [5, 5.41) is 0.609. The van der Waals surface area contributed by atoms with Crippen molar-refractivity contribution in [2.75, 3.05) is 6.61 Å². The number of ether oxygens (including phenoxy) is 1. The van der Waals surface area contributed by atoms with Crippen LogP contribution < -0.4 is 5.56 Å². The Bertz CT molecular complexity index is 700. The highest BCUT2D eigenvalue weighted by Gasteiger charge is 2.16. The van der Waals surface area contributed by atoms with E-state index in [2.05, 4.69) is 4.98 Å². The maximum atomic E-state index is 12.4. The van der Waals surface area contributed by atoms with E-state index in [9.17, 15) is 9.59 Å². The number of aromatic nitrogens is 2. The molecule has 0 spiro atoms. The normalized spacial score (nSPS) is 10.9. The molecule has 0 radical (unpaired) electrons. The van der Waals surface area contributed by atoms with Gasteiger partial charge in [0.2, 0.25) is 0 Å². The Balaban J connectivity index is 2.59. The monoisotopic (exact) mass is 280 g/mol. The maximum absolute atomic E-state index is 12.4. The molecule has 2 rings (SSSR count). The van der Waals surface area contributed by atoms with E-state index in [1.807, 2.05) is 13.8 Å². The molecule has 0 saturated heterocycles. The predicted molar refractivity (Wildman–Crippen MR) is 74.7 cm³/mol. The average molecular weight is 280 g/mol. The lowest BCUT2D eigenvalue weighted by atomic mass is 10.2. The third kappa shape index (κ3) is 2.40. The molecule has 19 heavy (non-hydrogen) atoms. The number of rotatable bonds is 3. The van der Waals surface area contributed by atoms with E-state index in [0.29, 0.717) is 17.8 Å². The molecule has 2 aromatic heterocycles. The van der Waals surface area contributed by atoms with Gasteiger partial charge in [0.25, 0.3) is 5.56 Å². The number of nitrogens with zero attached hydrogens (tertiary/aromatic N) is 2. The molecule has 0 bridgehead atoms. The molecule has 5 nitrogen and oxygen atoms in total. The van der Waals surface area contributed by atoms with Gasteiger partial charge in [-0.05, 0) is 33.3 Å². The van der Waals surface area contributed by atoms with Crippen LogP contribution >= 0.6 is 11.3 Å². The van der Waals surface area contributed by atoms with E-state index in [-0.39, 0.29) is 12.1 Å². The smallest absolute Gasteiger partial charge is 0.326 e. The Morgan fingerprint density at radius 1 is 1.37 bits per heavy atom. The van der Waals surface area contributed by atoms with Crippen molar-refractivity contribution in [3.05, 3.63) is 26.6 Å². The zero-order chi connectivity index (χ0) is 14.2. The van der Waals surface area contributed by atoms with E-state index < -0.39 is 5.97 Å². The van der Waals surface area contributed by atoms with Crippen molar-refractivity contribution in [3.8, 4) is 0 Å². The van der Waals surface area contributed by atoms with Crippen molar-refractivity contribution >= 4 is 27.5 Å². The van der Waals surface area contributed by atoms with E-state index in [0.717, 1.165) is 15.3 Å². The van der Waals surface area contributed by atoms with Gasteiger partial charge in [-0.2, -0.15) is 0 Å². The van der Waals surface area contributed by atoms with Gasteiger partial charge in [0, 0.05) is 4.88 Å². The first-order chi connectivity index (χ1) is 8.95. The lowest BCUT2D eigenvalue weighted by molar-refractivity contribution is -0.143. The van der Waals surface area contributed by atoms with E-state index in [1.165, 1.54) is 15.9 Å². The van der Waals surface area contributed by atoms with Gasteiger partial charge in [-0.1, -0.05) is 0 Å². The highest BCUT2D eigenvalue weighted by molar-refractivity contribution is 7.18. The van der Waals surface area contributed by atoms with Crippen molar-refractivity contribution in [1.29, 1.82) is 0 Å². The third-order valence-corrected chi connectivity index (χ3v) is 4.17. The Morgan fingerprint density at radius 2 is 2.05 bits per heavy atom. The molecule has 0 aliphatic heterocycles. The van der Waals surface area contributed by atoms with Gasteiger partial charge in [0.15, 0.2) is 0 Å². The number of fused-ring (bicyclic) bond motifs is 1. The molecule has 0 unspecified atom stereocenters. The number of carbonyl (C=O) groups excluding carboxylic acids is 1. The molecular formula is C13H16N2O3S. The van der Waals surface area contributed by atoms with Gasteiger partial charge in [0.1, 0.15) is 17.2 Å². The first-order valence-corrected chi connectivity index (χ1v) is 6.90. The number of carbonyl (C=O) groups is 1. The Morgan fingerprint density at radius 3 is 2.68 bits per heavy atom. The van der Waals surface area contributed by atoms with Gasteiger partial charge in [0.05, 0.1) is 12.0 Å². The van der Waals surface area contributed by atoms with Crippen LogP contribution in [-0.4, -0.2) is 22.1 Å². The fourth-order valence-electron chi connectivity index (χ4n) is 1.95. The summed E-state index contributed by atoms with van der Waals surface area (Å²) in [5.74, 6) is 0.116. The van der Waals surface area contributed by atoms with Gasteiger partial charge in [-0.3, -0.25) is 14.2 Å². The third-order valence-electron chi connectivity index (χ3n) is 3.07. The average Bonchev–Trinajstić information content (AvgIpc) is 2.61. The lowest BCUT2D eigenvalue weighted by Gasteiger charge is -2.08. The van der Waals surface area contributed by atoms with Gasteiger partial charge in [-0.25, -0.2) is 4.98 Å². The second kappa shape index (κ2) is 5.13. The van der Waals surface area contributed by atoms with Crippen LogP contribution in [0.15, 0.2) is 4.79 Å². The van der Waals surface area contributed by atoms with Crippen molar-refractivity contribution in [3.63, 3.8) is 0 Å². The summed E-state index contributed by atoms with van der Waals surface area (Å²) in [6, 6.07) is 0. The van der Waals surface area contributed by atoms with Crippen LogP contribution in [0.3, 0.4) is 0 Å². The number of hydrogen-bond acceptors (Lipinski definition) is 5. The summed E-state index contributed by atoms with van der Waals surface area (Å²) >= 11 is 1.50. The largest absolute Gasteiger partial charge is 0.465 e. The molecule has 0 N–H and O–H groups in total. The molecule has 0 aliphatic rings. The zero-order valence-corrected chi connectivity index (χ0v) is 12.3. The second-order valence-corrected chi connectivity index (χ2v) is 5.52. The molecule has 2 aromatic rings. The molecular weight excluding hydrogens is 264 g/mol. The molecule has 0 atom stereocenters.